The van der Waals surface area contributed by atoms with Gasteiger partial charge in [0.2, 0.25) is 5.79 Å². The van der Waals surface area contributed by atoms with Crippen LogP contribution in [-0.2, 0) is 0 Å². The Labute approximate surface area is 88.6 Å². The Morgan fingerprint density at radius 2 is 2.20 bits per heavy atom. The van der Waals surface area contributed by atoms with E-state index in [0.29, 0.717) is 0 Å². The van der Waals surface area contributed by atoms with Crippen LogP contribution >= 0.6 is 0 Å². The summed E-state index contributed by atoms with van der Waals surface area (Å²) in [5, 5.41) is 14.0. The fourth-order valence-electron chi connectivity index (χ4n) is 2.09. The maximum Gasteiger partial charge on any atom is 0.212 e. The highest BCUT2D eigenvalue weighted by molar-refractivity contribution is 5.73. The van der Waals surface area contributed by atoms with Crippen LogP contribution in [0.15, 0.2) is 16.9 Å². The summed E-state index contributed by atoms with van der Waals surface area (Å²) in [6, 6.07) is 0. The van der Waals surface area contributed by atoms with Crippen molar-refractivity contribution in [3.05, 3.63) is 11.9 Å². The quantitative estimate of drug-likeness (QED) is 0.454. The van der Waals surface area contributed by atoms with Gasteiger partial charge < -0.3 is 11.1 Å². The molecule has 2 aliphatic rings. The first-order valence-electron chi connectivity index (χ1n) is 5.14. The monoisotopic (exact) mass is 211 g/mol. The van der Waals surface area contributed by atoms with Crippen LogP contribution in [0.1, 0.15) is 12.8 Å². The molecule has 0 aromatic heterocycles. The molecule has 6 nitrogen and oxygen atoms in total. The van der Waals surface area contributed by atoms with E-state index in [9.17, 15) is 5.21 Å². The van der Waals surface area contributed by atoms with Gasteiger partial charge in [-0.25, -0.2) is 4.99 Å². The number of piperidine rings is 1. The van der Waals surface area contributed by atoms with E-state index in [2.05, 4.69) is 10.3 Å². The summed E-state index contributed by atoms with van der Waals surface area (Å²) in [6.07, 6.45) is 4.87. The van der Waals surface area contributed by atoms with E-state index in [1.54, 1.807) is 6.21 Å². The molecule has 1 fully saturated rings. The minimum Gasteiger partial charge on any atom is -0.383 e. The molecule has 6 N–H and O–H groups in total. The predicted octanol–water partition coefficient (Wildman–Crippen LogP) is -0.826. The zero-order valence-corrected chi connectivity index (χ0v) is 8.56. The molecule has 84 valence electrons. The summed E-state index contributed by atoms with van der Waals surface area (Å²) in [5.74, 6) is -0.737. The molecule has 1 atom stereocenters. The lowest BCUT2D eigenvalue weighted by atomic mass is 9.90. The third-order valence-corrected chi connectivity index (χ3v) is 3.05. The van der Waals surface area contributed by atoms with Crippen molar-refractivity contribution in [3.8, 4) is 0 Å². The van der Waals surface area contributed by atoms with Crippen LogP contribution < -0.4 is 16.8 Å². The van der Waals surface area contributed by atoms with Gasteiger partial charge in [-0.2, -0.15) is 5.06 Å². The zero-order chi connectivity index (χ0) is 10.9. The van der Waals surface area contributed by atoms with E-state index in [-0.39, 0.29) is 11.7 Å². The van der Waals surface area contributed by atoms with E-state index in [1.807, 2.05) is 0 Å². The van der Waals surface area contributed by atoms with E-state index in [4.69, 9.17) is 11.5 Å². The normalized spacial score (nSPS) is 32.9. The molecule has 6 heteroatoms. The molecule has 1 saturated heterocycles. The lowest BCUT2D eigenvalue weighted by Gasteiger charge is -2.43. The topological polar surface area (TPSA) is 99.9 Å². The van der Waals surface area contributed by atoms with Crippen LogP contribution in [0.25, 0.3) is 0 Å². The van der Waals surface area contributed by atoms with Crippen molar-refractivity contribution in [2.75, 3.05) is 13.1 Å². The number of hydrogen-bond donors (Lipinski definition) is 4. The Balaban J connectivity index is 2.18. The standard InChI is InChI=1S/C9H17N5O/c10-8-3-6-13-9(11,14(8)15)7-1-4-12-5-2-7/h3,6-7,12,15H,1-2,4-5,10-11H2. The van der Waals surface area contributed by atoms with Gasteiger partial charge in [0, 0.05) is 12.1 Å². The highest BCUT2D eigenvalue weighted by Crippen LogP contribution is 2.30. The van der Waals surface area contributed by atoms with Crippen LogP contribution in [0.4, 0.5) is 0 Å². The summed E-state index contributed by atoms with van der Waals surface area (Å²) in [5.41, 5.74) is 11.7. The second kappa shape index (κ2) is 3.80. The molecule has 0 bridgehead atoms. The third-order valence-electron chi connectivity index (χ3n) is 3.05. The Bertz CT molecular complexity index is 297. The molecule has 1 unspecified atom stereocenters. The number of hydroxylamine groups is 2. The molecule has 0 aromatic carbocycles. The number of rotatable bonds is 1. The van der Waals surface area contributed by atoms with Crippen molar-refractivity contribution in [3.63, 3.8) is 0 Å². The van der Waals surface area contributed by atoms with Gasteiger partial charge >= 0.3 is 0 Å². The van der Waals surface area contributed by atoms with Crippen molar-refractivity contribution in [1.29, 1.82) is 0 Å². The smallest absolute Gasteiger partial charge is 0.212 e. The minimum absolute atomic E-state index is 0.118. The number of nitrogens with two attached hydrogens (primary N) is 2. The lowest BCUT2D eigenvalue weighted by molar-refractivity contribution is -0.166. The molecule has 0 amide bonds. The van der Waals surface area contributed by atoms with Crippen molar-refractivity contribution in [2.24, 2.45) is 22.4 Å². The fraction of sp³-hybridized carbons (Fsp3) is 0.667. The lowest BCUT2D eigenvalue weighted by Crippen LogP contribution is -2.61. The molecule has 0 spiro atoms. The summed E-state index contributed by atoms with van der Waals surface area (Å²) < 4.78 is 0. The largest absolute Gasteiger partial charge is 0.383 e. The molecule has 0 radical (unpaired) electrons. The van der Waals surface area contributed by atoms with Crippen LogP contribution in [0.5, 0.6) is 0 Å². The number of allylic oxidation sites excluding steroid dienone is 1. The summed E-state index contributed by atoms with van der Waals surface area (Å²) in [6.45, 7) is 1.80. The van der Waals surface area contributed by atoms with Gasteiger partial charge in [-0.15, -0.1) is 0 Å². The second-order valence-corrected chi connectivity index (χ2v) is 3.99. The Morgan fingerprint density at radius 1 is 1.53 bits per heavy atom. The number of nitrogens with zero attached hydrogens (tertiary/aromatic N) is 2. The van der Waals surface area contributed by atoms with Crippen LogP contribution in [0.2, 0.25) is 0 Å². The van der Waals surface area contributed by atoms with Gasteiger partial charge in [-0.05, 0) is 32.0 Å². The van der Waals surface area contributed by atoms with E-state index in [0.717, 1.165) is 31.0 Å². The van der Waals surface area contributed by atoms with Crippen molar-refractivity contribution < 1.29 is 5.21 Å². The first-order chi connectivity index (χ1) is 7.14. The van der Waals surface area contributed by atoms with E-state index < -0.39 is 5.79 Å². The van der Waals surface area contributed by atoms with E-state index >= 15 is 0 Å². The molecule has 15 heavy (non-hydrogen) atoms. The number of hydrogen-bond acceptors (Lipinski definition) is 6. The maximum absolute atomic E-state index is 9.83. The Hall–Kier alpha value is -1.11. The molecule has 2 rings (SSSR count). The van der Waals surface area contributed by atoms with Gasteiger partial charge in [0.1, 0.15) is 5.82 Å². The van der Waals surface area contributed by atoms with E-state index in [1.165, 1.54) is 6.08 Å². The van der Waals surface area contributed by atoms with Crippen LogP contribution in [0, 0.1) is 5.92 Å². The SMILES string of the molecule is NC1=CC=NC(N)(C2CCNCC2)N1O. The van der Waals surface area contributed by atoms with Gasteiger partial charge in [0.05, 0.1) is 0 Å². The second-order valence-electron chi connectivity index (χ2n) is 3.99. The molecule has 0 aromatic rings. The van der Waals surface area contributed by atoms with Gasteiger partial charge in [0.15, 0.2) is 0 Å². The molecular weight excluding hydrogens is 194 g/mol. The Kier molecular flexibility index (Phi) is 2.64. The molecule has 0 aliphatic carbocycles. The molecule has 0 saturated carbocycles. The third kappa shape index (κ3) is 1.71. The van der Waals surface area contributed by atoms with Gasteiger partial charge in [-0.1, -0.05) is 0 Å². The average Bonchev–Trinajstić information content (AvgIpc) is 2.27. The first-order valence-corrected chi connectivity index (χ1v) is 5.14. The van der Waals surface area contributed by atoms with Gasteiger partial charge in [0.25, 0.3) is 0 Å². The fourth-order valence-corrected chi connectivity index (χ4v) is 2.09. The molecule has 2 aliphatic heterocycles. The summed E-state index contributed by atoms with van der Waals surface area (Å²) in [4.78, 5) is 4.16. The van der Waals surface area contributed by atoms with Gasteiger partial charge in [-0.3, -0.25) is 10.9 Å². The minimum atomic E-state index is -1.10. The average molecular weight is 211 g/mol. The number of nitrogens with one attached hydrogen (secondary N) is 1. The van der Waals surface area contributed by atoms with Crippen LogP contribution in [-0.4, -0.2) is 35.4 Å². The van der Waals surface area contributed by atoms with Crippen molar-refractivity contribution >= 4 is 6.21 Å². The first kappa shape index (κ1) is 10.4. The van der Waals surface area contributed by atoms with Crippen molar-refractivity contribution in [1.82, 2.24) is 10.4 Å². The highest BCUT2D eigenvalue weighted by Gasteiger charge is 2.42. The molecule has 2 heterocycles. The maximum atomic E-state index is 9.83. The summed E-state index contributed by atoms with van der Waals surface area (Å²) in [7, 11) is 0. The zero-order valence-electron chi connectivity index (χ0n) is 8.56. The Morgan fingerprint density at radius 3 is 2.87 bits per heavy atom. The highest BCUT2D eigenvalue weighted by atomic mass is 16.5. The summed E-state index contributed by atoms with van der Waals surface area (Å²) >= 11 is 0. The predicted molar refractivity (Wildman–Crippen MR) is 56.9 cm³/mol. The molecular formula is C9H17N5O. The van der Waals surface area contributed by atoms with Crippen LogP contribution in [0.3, 0.4) is 0 Å². The van der Waals surface area contributed by atoms with Crippen molar-refractivity contribution in [2.45, 2.75) is 18.6 Å². The number of aliphatic imine (C=N–C) groups is 1.